The fourth-order valence-electron chi connectivity index (χ4n) is 2.29. The van der Waals surface area contributed by atoms with Gasteiger partial charge >= 0.3 is 0 Å². The van der Waals surface area contributed by atoms with Gasteiger partial charge in [0.2, 0.25) is 0 Å². The Hall–Kier alpha value is -2.58. The van der Waals surface area contributed by atoms with E-state index in [0.717, 1.165) is 22.7 Å². The number of hydrogen-bond acceptors (Lipinski definition) is 6. The molecule has 0 saturated carbocycles. The van der Waals surface area contributed by atoms with Crippen LogP contribution in [0.3, 0.4) is 0 Å². The van der Waals surface area contributed by atoms with E-state index in [1.165, 1.54) is 22.3 Å². The first-order valence-electron chi connectivity index (χ1n) is 7.15. The number of hydrogen-bond donors (Lipinski definition) is 1. The summed E-state index contributed by atoms with van der Waals surface area (Å²) in [5.41, 5.74) is 2.05. The first kappa shape index (κ1) is 14.0. The lowest BCUT2D eigenvalue weighted by Gasteiger charge is -2.08. The van der Waals surface area contributed by atoms with Crippen LogP contribution in [0.1, 0.15) is 21.1 Å². The molecule has 7 nitrogen and oxygen atoms in total. The van der Waals surface area contributed by atoms with E-state index in [9.17, 15) is 4.79 Å². The van der Waals surface area contributed by atoms with Gasteiger partial charge in [-0.15, -0.1) is 5.10 Å². The molecule has 0 spiro atoms. The Morgan fingerprint density at radius 1 is 1.30 bits per heavy atom. The summed E-state index contributed by atoms with van der Waals surface area (Å²) in [5.74, 6) is -0.320. The molecule has 0 atom stereocenters. The van der Waals surface area contributed by atoms with Gasteiger partial charge in [0.25, 0.3) is 5.91 Å². The molecular formula is C15H13N5O2S. The van der Waals surface area contributed by atoms with E-state index in [-0.39, 0.29) is 11.6 Å². The van der Waals surface area contributed by atoms with Crippen molar-refractivity contribution in [3.05, 3.63) is 52.8 Å². The van der Waals surface area contributed by atoms with Crippen LogP contribution in [0.25, 0.3) is 5.69 Å². The Balaban J connectivity index is 1.51. The van der Waals surface area contributed by atoms with E-state index in [2.05, 4.69) is 20.5 Å². The monoisotopic (exact) mass is 327 g/mol. The molecule has 1 amide bonds. The molecule has 3 aromatic rings. The number of nitrogens with zero attached hydrogens (tertiary/aromatic N) is 4. The average molecular weight is 327 g/mol. The van der Waals surface area contributed by atoms with Gasteiger partial charge in [0.05, 0.1) is 35.7 Å². The molecule has 3 heterocycles. The van der Waals surface area contributed by atoms with E-state index >= 15 is 0 Å². The fraction of sp³-hybridized carbons (Fsp3) is 0.200. The van der Waals surface area contributed by atoms with E-state index in [0.29, 0.717) is 18.3 Å². The SMILES string of the molecule is O=C(Nc1nc2c(s1)COCC2)c1cnn(-c2ccccc2)n1. The summed E-state index contributed by atoms with van der Waals surface area (Å²) in [7, 11) is 0. The van der Waals surface area contributed by atoms with Crippen molar-refractivity contribution in [3.63, 3.8) is 0 Å². The van der Waals surface area contributed by atoms with Crippen molar-refractivity contribution in [1.29, 1.82) is 0 Å². The van der Waals surface area contributed by atoms with Gasteiger partial charge in [0.15, 0.2) is 10.8 Å². The minimum atomic E-state index is -0.320. The largest absolute Gasteiger partial charge is 0.375 e. The molecule has 1 aromatic carbocycles. The lowest BCUT2D eigenvalue weighted by Crippen LogP contribution is -2.13. The highest BCUT2D eigenvalue weighted by Gasteiger charge is 2.18. The van der Waals surface area contributed by atoms with Crippen LogP contribution in [0.15, 0.2) is 36.5 Å². The van der Waals surface area contributed by atoms with Crippen LogP contribution in [-0.2, 0) is 17.8 Å². The van der Waals surface area contributed by atoms with Crippen LogP contribution >= 0.6 is 11.3 Å². The number of rotatable bonds is 3. The molecule has 1 aliphatic rings. The molecule has 0 saturated heterocycles. The van der Waals surface area contributed by atoms with Crippen LogP contribution in [0, 0.1) is 0 Å². The molecule has 8 heteroatoms. The van der Waals surface area contributed by atoms with Crippen LogP contribution in [0.5, 0.6) is 0 Å². The molecule has 0 radical (unpaired) electrons. The number of ether oxygens (including phenoxy) is 1. The first-order chi connectivity index (χ1) is 11.3. The van der Waals surface area contributed by atoms with E-state index < -0.39 is 0 Å². The normalized spacial score (nSPS) is 13.6. The third kappa shape index (κ3) is 2.86. The van der Waals surface area contributed by atoms with E-state index in [1.54, 1.807) is 0 Å². The second kappa shape index (κ2) is 5.90. The summed E-state index contributed by atoms with van der Waals surface area (Å²) >= 11 is 1.44. The molecule has 0 unspecified atom stereocenters. The molecule has 4 rings (SSSR count). The van der Waals surface area contributed by atoms with Gasteiger partial charge in [-0.25, -0.2) is 4.98 Å². The summed E-state index contributed by atoms with van der Waals surface area (Å²) in [6.07, 6.45) is 2.23. The number of fused-ring (bicyclic) bond motifs is 1. The molecule has 1 aliphatic heterocycles. The van der Waals surface area contributed by atoms with Crippen LogP contribution in [-0.4, -0.2) is 32.5 Å². The number of nitrogens with one attached hydrogen (secondary N) is 1. The number of aromatic nitrogens is 4. The number of carbonyl (C=O) groups excluding carboxylic acids is 1. The van der Waals surface area contributed by atoms with Crippen molar-refractivity contribution in [1.82, 2.24) is 20.0 Å². The maximum atomic E-state index is 12.3. The van der Waals surface area contributed by atoms with Gasteiger partial charge in [-0.2, -0.15) is 9.90 Å². The number of carbonyl (C=O) groups is 1. The summed E-state index contributed by atoms with van der Waals surface area (Å²) in [6.45, 7) is 1.24. The highest BCUT2D eigenvalue weighted by atomic mass is 32.1. The van der Waals surface area contributed by atoms with Crippen LogP contribution < -0.4 is 5.32 Å². The van der Waals surface area contributed by atoms with Crippen LogP contribution in [0.4, 0.5) is 5.13 Å². The second-order valence-corrected chi connectivity index (χ2v) is 6.08. The molecule has 23 heavy (non-hydrogen) atoms. The molecule has 0 bridgehead atoms. The minimum Gasteiger partial charge on any atom is -0.375 e. The zero-order valence-corrected chi connectivity index (χ0v) is 12.9. The maximum absolute atomic E-state index is 12.3. The topological polar surface area (TPSA) is 81.9 Å². The quantitative estimate of drug-likeness (QED) is 0.796. The Bertz CT molecular complexity index is 819. The van der Waals surface area contributed by atoms with Crippen molar-refractivity contribution in [2.75, 3.05) is 11.9 Å². The fourth-order valence-corrected chi connectivity index (χ4v) is 3.23. The predicted octanol–water partition coefficient (Wildman–Crippen LogP) is 2.05. The molecule has 1 N–H and O–H groups in total. The van der Waals surface area contributed by atoms with Gasteiger partial charge in [-0.1, -0.05) is 29.5 Å². The number of para-hydroxylation sites is 1. The Morgan fingerprint density at radius 2 is 2.17 bits per heavy atom. The average Bonchev–Trinajstić information content (AvgIpc) is 3.22. The molecule has 116 valence electrons. The minimum absolute atomic E-state index is 0.248. The summed E-state index contributed by atoms with van der Waals surface area (Å²) in [4.78, 5) is 19.2. The summed E-state index contributed by atoms with van der Waals surface area (Å²) < 4.78 is 5.38. The van der Waals surface area contributed by atoms with Gasteiger partial charge in [-0.05, 0) is 12.1 Å². The van der Waals surface area contributed by atoms with Crippen molar-refractivity contribution in [2.45, 2.75) is 13.0 Å². The smallest absolute Gasteiger partial charge is 0.279 e. The highest BCUT2D eigenvalue weighted by molar-refractivity contribution is 7.15. The number of thiazole rings is 1. The third-order valence-electron chi connectivity index (χ3n) is 3.43. The zero-order chi connectivity index (χ0) is 15.6. The molecule has 0 fully saturated rings. The zero-order valence-electron chi connectivity index (χ0n) is 12.1. The number of anilines is 1. The van der Waals surface area contributed by atoms with Crippen molar-refractivity contribution < 1.29 is 9.53 Å². The van der Waals surface area contributed by atoms with E-state index in [1.807, 2.05) is 30.3 Å². The van der Waals surface area contributed by atoms with Crippen molar-refractivity contribution >= 4 is 22.4 Å². The van der Waals surface area contributed by atoms with Crippen molar-refractivity contribution in [2.24, 2.45) is 0 Å². The van der Waals surface area contributed by atoms with Gasteiger partial charge in [0.1, 0.15) is 0 Å². The summed E-state index contributed by atoms with van der Waals surface area (Å²) in [5, 5.41) is 11.7. The number of amides is 1. The van der Waals surface area contributed by atoms with Gasteiger partial charge in [0, 0.05) is 6.42 Å². The summed E-state index contributed by atoms with van der Waals surface area (Å²) in [6, 6.07) is 9.43. The lowest BCUT2D eigenvalue weighted by molar-refractivity contribution is 0.102. The maximum Gasteiger partial charge on any atom is 0.279 e. The van der Waals surface area contributed by atoms with Gasteiger partial charge in [-0.3, -0.25) is 10.1 Å². The lowest BCUT2D eigenvalue weighted by atomic mass is 10.2. The van der Waals surface area contributed by atoms with Crippen molar-refractivity contribution in [3.8, 4) is 5.69 Å². The van der Waals surface area contributed by atoms with Crippen LogP contribution in [0.2, 0.25) is 0 Å². The third-order valence-corrected chi connectivity index (χ3v) is 4.41. The number of benzene rings is 1. The predicted molar refractivity (Wildman–Crippen MR) is 84.8 cm³/mol. The Kier molecular flexibility index (Phi) is 3.60. The Labute approximate surface area is 135 Å². The highest BCUT2D eigenvalue weighted by Crippen LogP contribution is 2.27. The second-order valence-electron chi connectivity index (χ2n) is 5.00. The molecule has 2 aromatic heterocycles. The van der Waals surface area contributed by atoms with Gasteiger partial charge < -0.3 is 4.74 Å². The van der Waals surface area contributed by atoms with E-state index in [4.69, 9.17) is 4.74 Å². The molecular weight excluding hydrogens is 314 g/mol. The Morgan fingerprint density at radius 3 is 3.00 bits per heavy atom. The molecule has 0 aliphatic carbocycles. The standard InChI is InChI=1S/C15H13N5O2S/c21-14(18-15-17-11-6-7-22-9-13(11)23-15)12-8-16-20(19-12)10-4-2-1-3-5-10/h1-5,8H,6-7,9H2,(H,17,18,21). The first-order valence-corrected chi connectivity index (χ1v) is 7.97.